The molecule has 3 aromatic rings. The third-order valence-electron chi connectivity index (χ3n) is 5.63. The number of aliphatic hydroxyl groups excluding tert-OH is 1. The van der Waals surface area contributed by atoms with Gasteiger partial charge in [0.25, 0.3) is 5.91 Å². The van der Waals surface area contributed by atoms with Crippen molar-refractivity contribution >= 4 is 11.8 Å². The third kappa shape index (κ3) is 6.02. The van der Waals surface area contributed by atoms with Gasteiger partial charge in [-0.1, -0.05) is 36.4 Å². The SMILES string of the molecule is O=C(NCc1ccc(F)c(F)c1)[C@@]1(Cc2ccccc2)COC(c2ccc(OCCCO)cc2)=N1. The monoisotopic (exact) mass is 480 g/mol. The first-order chi connectivity index (χ1) is 17.0. The first kappa shape index (κ1) is 24.3. The van der Waals surface area contributed by atoms with Crippen molar-refractivity contribution in [2.75, 3.05) is 19.8 Å². The summed E-state index contributed by atoms with van der Waals surface area (Å²) in [4.78, 5) is 18.1. The lowest BCUT2D eigenvalue weighted by Crippen LogP contribution is -2.48. The van der Waals surface area contributed by atoms with Crippen molar-refractivity contribution in [1.29, 1.82) is 0 Å². The van der Waals surface area contributed by atoms with Gasteiger partial charge in [-0.25, -0.2) is 13.8 Å². The summed E-state index contributed by atoms with van der Waals surface area (Å²) in [6.45, 7) is 0.531. The van der Waals surface area contributed by atoms with Gasteiger partial charge >= 0.3 is 0 Å². The number of carbonyl (C=O) groups is 1. The summed E-state index contributed by atoms with van der Waals surface area (Å²) in [7, 11) is 0. The number of hydrogen-bond donors (Lipinski definition) is 2. The van der Waals surface area contributed by atoms with E-state index in [1.165, 1.54) is 6.07 Å². The largest absolute Gasteiger partial charge is 0.494 e. The second kappa shape index (κ2) is 11.1. The maximum atomic E-state index is 13.6. The highest BCUT2D eigenvalue weighted by atomic mass is 19.2. The minimum absolute atomic E-state index is 0.0251. The molecule has 4 rings (SSSR count). The zero-order chi connectivity index (χ0) is 24.7. The van der Waals surface area contributed by atoms with E-state index in [0.29, 0.717) is 42.2 Å². The van der Waals surface area contributed by atoms with E-state index >= 15 is 0 Å². The number of hydrogen-bond acceptors (Lipinski definition) is 5. The van der Waals surface area contributed by atoms with Gasteiger partial charge in [0.1, 0.15) is 12.4 Å². The Hall–Kier alpha value is -3.78. The molecule has 0 fully saturated rings. The van der Waals surface area contributed by atoms with Crippen molar-refractivity contribution in [2.45, 2.75) is 24.9 Å². The average molecular weight is 481 g/mol. The van der Waals surface area contributed by atoms with Crippen molar-refractivity contribution in [1.82, 2.24) is 5.32 Å². The molecule has 0 unspecified atom stereocenters. The summed E-state index contributed by atoms with van der Waals surface area (Å²) in [6, 6.07) is 20.2. The standard InChI is InChI=1S/C27H26F2N2O4/c28-23-12-7-20(15-24(23)29)17-30-26(33)27(16-19-5-2-1-3-6-19)18-35-25(31-27)21-8-10-22(11-9-21)34-14-4-13-32/h1-3,5-12,15,32H,4,13-14,16-18H2,(H,30,33)/t27-/m1/s1. The molecule has 1 aliphatic rings. The molecule has 182 valence electrons. The molecular formula is C27H26F2N2O4. The smallest absolute Gasteiger partial charge is 0.252 e. The van der Waals surface area contributed by atoms with Crippen LogP contribution in [0.2, 0.25) is 0 Å². The van der Waals surface area contributed by atoms with Crippen molar-refractivity contribution < 1.29 is 28.2 Å². The molecule has 2 N–H and O–H groups in total. The Labute approximate surface area is 202 Å². The van der Waals surface area contributed by atoms with Gasteiger partial charge in [-0.05, 0) is 47.5 Å². The summed E-state index contributed by atoms with van der Waals surface area (Å²) in [5.41, 5.74) is 0.831. The van der Waals surface area contributed by atoms with Crippen molar-refractivity contribution in [3.8, 4) is 5.75 Å². The third-order valence-corrected chi connectivity index (χ3v) is 5.63. The lowest BCUT2D eigenvalue weighted by atomic mass is 9.91. The Morgan fingerprint density at radius 1 is 1.03 bits per heavy atom. The fourth-order valence-corrected chi connectivity index (χ4v) is 3.76. The normalized spacial score (nSPS) is 16.9. The Balaban J connectivity index is 1.54. The average Bonchev–Trinajstić information content (AvgIpc) is 3.31. The fraction of sp³-hybridized carbons (Fsp3) is 0.259. The van der Waals surface area contributed by atoms with E-state index in [1.807, 2.05) is 30.3 Å². The lowest BCUT2D eigenvalue weighted by Gasteiger charge is -2.23. The van der Waals surface area contributed by atoms with E-state index in [4.69, 9.17) is 19.6 Å². The molecule has 1 atom stereocenters. The van der Waals surface area contributed by atoms with Gasteiger partial charge in [0.05, 0.1) is 6.61 Å². The summed E-state index contributed by atoms with van der Waals surface area (Å²) in [5, 5.41) is 11.7. The molecule has 0 aromatic heterocycles. The van der Waals surface area contributed by atoms with Crippen LogP contribution < -0.4 is 10.1 Å². The highest BCUT2D eigenvalue weighted by molar-refractivity contribution is 6.00. The lowest BCUT2D eigenvalue weighted by molar-refractivity contribution is -0.126. The molecule has 0 saturated carbocycles. The molecule has 0 spiro atoms. The van der Waals surface area contributed by atoms with Crippen LogP contribution in [0, 0.1) is 11.6 Å². The molecule has 1 amide bonds. The second-order valence-electron chi connectivity index (χ2n) is 8.28. The van der Waals surface area contributed by atoms with Crippen LogP contribution in [0.1, 0.15) is 23.1 Å². The molecule has 1 heterocycles. The summed E-state index contributed by atoms with van der Waals surface area (Å²) < 4.78 is 38.2. The molecule has 8 heteroatoms. The molecule has 0 saturated heterocycles. The number of halogens is 2. The van der Waals surface area contributed by atoms with Crippen LogP contribution in [-0.4, -0.2) is 42.3 Å². The topological polar surface area (TPSA) is 80.2 Å². The molecule has 3 aromatic carbocycles. The zero-order valence-electron chi connectivity index (χ0n) is 19.0. The molecular weight excluding hydrogens is 454 g/mol. The van der Waals surface area contributed by atoms with Gasteiger partial charge in [-0.2, -0.15) is 0 Å². The van der Waals surface area contributed by atoms with Crippen LogP contribution in [0.5, 0.6) is 5.75 Å². The Bertz CT molecular complexity index is 1190. The minimum Gasteiger partial charge on any atom is -0.494 e. The molecule has 0 bridgehead atoms. The quantitative estimate of drug-likeness (QED) is 0.433. The van der Waals surface area contributed by atoms with E-state index < -0.39 is 17.2 Å². The van der Waals surface area contributed by atoms with Crippen LogP contribution in [-0.2, 0) is 22.5 Å². The summed E-state index contributed by atoms with van der Waals surface area (Å²) >= 11 is 0. The number of aliphatic imine (C=N–C) groups is 1. The number of carbonyl (C=O) groups excluding carboxylic acids is 1. The number of nitrogens with zero attached hydrogens (tertiary/aromatic N) is 1. The van der Waals surface area contributed by atoms with E-state index in [2.05, 4.69) is 5.32 Å². The van der Waals surface area contributed by atoms with Gasteiger partial charge in [-0.15, -0.1) is 0 Å². The molecule has 0 radical (unpaired) electrons. The van der Waals surface area contributed by atoms with Crippen LogP contribution in [0.3, 0.4) is 0 Å². The fourth-order valence-electron chi connectivity index (χ4n) is 3.76. The van der Waals surface area contributed by atoms with Crippen LogP contribution in [0.25, 0.3) is 0 Å². The van der Waals surface area contributed by atoms with Crippen LogP contribution in [0.4, 0.5) is 8.78 Å². The number of amides is 1. The second-order valence-corrected chi connectivity index (χ2v) is 8.28. The van der Waals surface area contributed by atoms with Gasteiger partial charge in [0.2, 0.25) is 5.90 Å². The van der Waals surface area contributed by atoms with Gasteiger partial charge in [-0.3, -0.25) is 4.79 Å². The van der Waals surface area contributed by atoms with Gasteiger partial charge in [0, 0.05) is 31.6 Å². The van der Waals surface area contributed by atoms with Gasteiger partial charge in [0.15, 0.2) is 17.2 Å². The van der Waals surface area contributed by atoms with Crippen molar-refractivity contribution in [2.24, 2.45) is 4.99 Å². The predicted molar refractivity (Wildman–Crippen MR) is 127 cm³/mol. The first-order valence-corrected chi connectivity index (χ1v) is 11.3. The van der Waals surface area contributed by atoms with E-state index in [9.17, 15) is 13.6 Å². The van der Waals surface area contributed by atoms with E-state index in [1.54, 1.807) is 24.3 Å². The number of nitrogens with one attached hydrogen (secondary N) is 1. The summed E-state index contributed by atoms with van der Waals surface area (Å²) in [6.07, 6.45) is 0.850. The zero-order valence-corrected chi connectivity index (χ0v) is 19.0. The van der Waals surface area contributed by atoms with Crippen LogP contribution in [0.15, 0.2) is 77.8 Å². The molecule has 1 aliphatic heterocycles. The summed E-state index contributed by atoms with van der Waals surface area (Å²) in [5.74, 6) is -1.29. The predicted octanol–water partition coefficient (Wildman–Crippen LogP) is 3.80. The van der Waals surface area contributed by atoms with Crippen molar-refractivity contribution in [3.05, 3.63) is 101 Å². The first-order valence-electron chi connectivity index (χ1n) is 11.3. The number of ether oxygens (including phenoxy) is 2. The number of benzene rings is 3. The number of aliphatic hydroxyl groups is 1. The maximum absolute atomic E-state index is 13.6. The maximum Gasteiger partial charge on any atom is 0.252 e. The molecule has 0 aliphatic carbocycles. The number of rotatable bonds is 10. The van der Waals surface area contributed by atoms with Crippen molar-refractivity contribution in [3.63, 3.8) is 0 Å². The van der Waals surface area contributed by atoms with Crippen LogP contribution >= 0.6 is 0 Å². The Morgan fingerprint density at radius 2 is 1.80 bits per heavy atom. The van der Waals surface area contributed by atoms with Gasteiger partial charge < -0.3 is 19.9 Å². The Kier molecular flexibility index (Phi) is 7.72. The highest BCUT2D eigenvalue weighted by Crippen LogP contribution is 2.28. The highest BCUT2D eigenvalue weighted by Gasteiger charge is 2.44. The molecule has 35 heavy (non-hydrogen) atoms. The van der Waals surface area contributed by atoms with E-state index in [-0.39, 0.29) is 25.7 Å². The minimum atomic E-state index is -1.22. The Morgan fingerprint density at radius 3 is 2.51 bits per heavy atom. The van der Waals surface area contributed by atoms with E-state index in [0.717, 1.165) is 17.7 Å². The molecule has 6 nitrogen and oxygen atoms in total.